The van der Waals surface area contributed by atoms with Crippen LogP contribution in [0, 0.1) is 35.5 Å². The Hall–Kier alpha value is -2.64. The number of carbonyl (C=O) groups is 2. The molecule has 0 unspecified atom stereocenters. The summed E-state index contributed by atoms with van der Waals surface area (Å²) in [5, 5.41) is 6.10. The van der Waals surface area contributed by atoms with Gasteiger partial charge in [0.1, 0.15) is 6.61 Å². The molecule has 2 aromatic rings. The van der Waals surface area contributed by atoms with Gasteiger partial charge in [-0.1, -0.05) is 35.9 Å². The number of amides is 2. The molecule has 1 aliphatic heterocycles. The predicted octanol–water partition coefficient (Wildman–Crippen LogP) is 5.47. The van der Waals surface area contributed by atoms with E-state index in [4.69, 9.17) is 21.1 Å². The molecule has 0 aromatic heterocycles. The summed E-state index contributed by atoms with van der Waals surface area (Å²) in [6.07, 6.45) is 7.00. The first-order valence-electron chi connectivity index (χ1n) is 11.9. The topological polar surface area (TPSA) is 68.2 Å². The fourth-order valence-corrected chi connectivity index (χ4v) is 6.68. The van der Waals surface area contributed by atoms with Gasteiger partial charge < -0.3 is 9.47 Å². The molecule has 5 aliphatic rings. The van der Waals surface area contributed by atoms with E-state index in [0.29, 0.717) is 51.6 Å². The van der Waals surface area contributed by atoms with Crippen molar-refractivity contribution in [1.29, 1.82) is 0 Å². The van der Waals surface area contributed by atoms with Crippen molar-refractivity contribution in [3.63, 3.8) is 0 Å². The first-order chi connectivity index (χ1) is 17.0. The van der Waals surface area contributed by atoms with Gasteiger partial charge in [0.25, 0.3) is 11.8 Å². The molecule has 4 aliphatic carbocycles. The number of benzene rings is 2. The van der Waals surface area contributed by atoms with Crippen molar-refractivity contribution in [3.05, 3.63) is 69.2 Å². The number of allylic oxidation sites excluding steroid dienone is 2. The summed E-state index contributed by atoms with van der Waals surface area (Å²) >= 11 is 9.54. The van der Waals surface area contributed by atoms with Gasteiger partial charge in [0, 0.05) is 5.02 Å². The minimum Gasteiger partial charge on any atom is -0.490 e. The van der Waals surface area contributed by atoms with Crippen LogP contribution in [-0.4, -0.2) is 29.6 Å². The van der Waals surface area contributed by atoms with Crippen molar-refractivity contribution in [3.8, 4) is 11.5 Å². The highest BCUT2D eigenvalue weighted by molar-refractivity contribution is 9.10. The lowest BCUT2D eigenvalue weighted by Gasteiger charge is -2.37. The lowest BCUT2D eigenvalue weighted by molar-refractivity contribution is -0.140. The second kappa shape index (κ2) is 8.79. The van der Waals surface area contributed by atoms with E-state index >= 15 is 0 Å². The summed E-state index contributed by atoms with van der Waals surface area (Å²) in [5.41, 5.74) is 1.67. The molecule has 6 nitrogen and oxygen atoms in total. The molecular weight excluding hydrogens is 532 g/mol. The fraction of sp³-hybridized carbons (Fsp3) is 0.370. The Bertz CT molecular complexity index is 1220. The number of hydrogen-bond acceptors (Lipinski definition) is 5. The smallest absolute Gasteiger partial charge is 0.254 e. The highest BCUT2D eigenvalue weighted by Crippen LogP contribution is 2.65. The molecule has 8 heteroatoms. The maximum atomic E-state index is 13.2. The van der Waals surface area contributed by atoms with Crippen LogP contribution in [0.2, 0.25) is 5.02 Å². The number of rotatable bonds is 7. The van der Waals surface area contributed by atoms with Gasteiger partial charge >= 0.3 is 0 Å². The number of nitrogens with zero attached hydrogens (tertiary/aromatic N) is 2. The van der Waals surface area contributed by atoms with Crippen LogP contribution in [0.4, 0.5) is 0 Å². The van der Waals surface area contributed by atoms with Crippen LogP contribution in [-0.2, 0) is 16.2 Å². The largest absolute Gasteiger partial charge is 0.490 e. The molecule has 0 spiro atoms. The van der Waals surface area contributed by atoms with Crippen molar-refractivity contribution in [2.45, 2.75) is 20.0 Å². The molecule has 2 amide bonds. The van der Waals surface area contributed by atoms with Crippen molar-refractivity contribution in [2.75, 3.05) is 6.61 Å². The Balaban J connectivity index is 1.21. The van der Waals surface area contributed by atoms with Crippen LogP contribution < -0.4 is 9.47 Å². The molecule has 2 bridgehead atoms. The van der Waals surface area contributed by atoms with Gasteiger partial charge in [0.15, 0.2) is 11.5 Å². The van der Waals surface area contributed by atoms with Gasteiger partial charge in [-0.15, -0.1) is 0 Å². The molecule has 0 N–H and O–H groups in total. The van der Waals surface area contributed by atoms with E-state index in [0.717, 1.165) is 17.0 Å². The third kappa shape index (κ3) is 3.89. The van der Waals surface area contributed by atoms with Crippen molar-refractivity contribution in [1.82, 2.24) is 5.01 Å². The number of imide groups is 1. The highest BCUT2D eigenvalue weighted by atomic mass is 79.9. The zero-order valence-corrected chi connectivity index (χ0v) is 21.4. The summed E-state index contributed by atoms with van der Waals surface area (Å²) < 4.78 is 12.5. The zero-order valence-electron chi connectivity index (χ0n) is 19.1. The highest BCUT2D eigenvalue weighted by Gasteiger charge is 2.67. The number of halogens is 2. The molecule has 2 saturated carbocycles. The monoisotopic (exact) mass is 554 g/mol. The molecule has 1 saturated heterocycles. The van der Waals surface area contributed by atoms with Crippen LogP contribution in [0.15, 0.2) is 58.1 Å². The van der Waals surface area contributed by atoms with E-state index in [9.17, 15) is 9.59 Å². The van der Waals surface area contributed by atoms with E-state index in [1.54, 1.807) is 12.3 Å². The van der Waals surface area contributed by atoms with E-state index in [1.165, 1.54) is 0 Å². The van der Waals surface area contributed by atoms with Gasteiger partial charge in [0.2, 0.25) is 0 Å². The average Bonchev–Trinajstić information content (AvgIpc) is 3.63. The molecule has 1 heterocycles. The van der Waals surface area contributed by atoms with E-state index in [-0.39, 0.29) is 35.5 Å². The van der Waals surface area contributed by atoms with Gasteiger partial charge in [-0.2, -0.15) is 10.1 Å². The van der Waals surface area contributed by atoms with E-state index in [1.807, 2.05) is 37.3 Å². The van der Waals surface area contributed by atoms with Crippen molar-refractivity contribution < 1.29 is 19.1 Å². The number of hydrazone groups is 1. The Kier molecular flexibility index (Phi) is 5.72. The fourth-order valence-electron chi connectivity index (χ4n) is 5.98. The van der Waals surface area contributed by atoms with Crippen LogP contribution in [0.5, 0.6) is 11.5 Å². The zero-order chi connectivity index (χ0) is 24.3. The Morgan fingerprint density at radius 2 is 1.71 bits per heavy atom. The predicted molar refractivity (Wildman–Crippen MR) is 135 cm³/mol. The third-order valence-corrected chi connectivity index (χ3v) is 8.43. The molecule has 0 radical (unpaired) electrons. The lowest BCUT2D eigenvalue weighted by atomic mass is 9.63. The molecule has 3 fully saturated rings. The Morgan fingerprint density at radius 1 is 1.06 bits per heavy atom. The quantitative estimate of drug-likeness (QED) is 0.258. The minimum absolute atomic E-state index is 0.173. The first-order valence-corrected chi connectivity index (χ1v) is 13.1. The summed E-state index contributed by atoms with van der Waals surface area (Å²) in [4.78, 5) is 26.3. The second-order valence-corrected chi connectivity index (χ2v) is 10.9. The number of ether oxygens (including phenoxy) is 2. The maximum Gasteiger partial charge on any atom is 0.254 e. The molecule has 180 valence electrons. The van der Waals surface area contributed by atoms with Crippen LogP contribution in [0.25, 0.3) is 0 Å². The van der Waals surface area contributed by atoms with Gasteiger partial charge in [-0.3, -0.25) is 9.59 Å². The van der Waals surface area contributed by atoms with Gasteiger partial charge in [-0.25, -0.2) is 0 Å². The molecule has 2 aromatic carbocycles. The molecule has 35 heavy (non-hydrogen) atoms. The van der Waals surface area contributed by atoms with Crippen LogP contribution in [0.1, 0.15) is 24.5 Å². The first kappa shape index (κ1) is 22.8. The normalized spacial score (nSPS) is 30.1. The van der Waals surface area contributed by atoms with E-state index < -0.39 is 0 Å². The van der Waals surface area contributed by atoms with Crippen LogP contribution in [0.3, 0.4) is 0 Å². The van der Waals surface area contributed by atoms with Crippen molar-refractivity contribution >= 4 is 45.6 Å². The standard InChI is InChI=1S/C27H24BrClN2O4/c1-2-34-22-10-15(9-21(28)25(22)35-13-14-3-5-16(29)6-4-14)12-30-31-26(32)23-17-7-8-18(20-11-19(17)20)24(23)27(31)33/h3-10,12,17-20,23-24H,2,11,13H2,1H3/t17-,18-,19-,20-,23-,24+/m0/s1. The maximum absolute atomic E-state index is 13.2. The lowest BCUT2D eigenvalue weighted by Crippen LogP contribution is -2.40. The third-order valence-electron chi connectivity index (χ3n) is 7.59. The summed E-state index contributed by atoms with van der Waals surface area (Å²) in [7, 11) is 0. The minimum atomic E-state index is -0.257. The van der Waals surface area contributed by atoms with Crippen LogP contribution >= 0.6 is 27.5 Å². The van der Waals surface area contributed by atoms with Gasteiger partial charge in [0.05, 0.1) is 29.1 Å². The second-order valence-electron chi connectivity index (χ2n) is 9.57. The van der Waals surface area contributed by atoms with Crippen molar-refractivity contribution in [2.24, 2.45) is 40.6 Å². The number of hydrogen-bond donors (Lipinski definition) is 0. The average molecular weight is 556 g/mol. The number of carbonyl (C=O) groups excluding carboxylic acids is 2. The Morgan fingerprint density at radius 3 is 2.34 bits per heavy atom. The SMILES string of the molecule is CCOc1cc(C=NN2C(=O)[C@@H]3[C@H]4C=C[C@@H]([C@@H]5C[C@@H]45)[C@@H]3C2=O)cc(Br)c1OCc1ccc(Cl)cc1. The summed E-state index contributed by atoms with van der Waals surface area (Å²) in [5.74, 6) is 1.76. The summed E-state index contributed by atoms with van der Waals surface area (Å²) in [6, 6.07) is 11.1. The molecular formula is C27H24BrClN2O4. The Labute approximate surface area is 217 Å². The van der Waals surface area contributed by atoms with E-state index in [2.05, 4.69) is 33.2 Å². The van der Waals surface area contributed by atoms with Gasteiger partial charge in [-0.05, 0) is 88.3 Å². The molecule has 7 rings (SSSR count). The molecule has 6 atom stereocenters. The summed E-state index contributed by atoms with van der Waals surface area (Å²) in [6.45, 7) is 2.70.